The highest BCUT2D eigenvalue weighted by Crippen LogP contribution is 2.22. The van der Waals surface area contributed by atoms with Crippen LogP contribution in [0.3, 0.4) is 0 Å². The number of anilines is 1. The Hall–Kier alpha value is -2.23. The number of aliphatic imine (C=N–C) groups is 1. The molecule has 8 heteroatoms. The van der Waals surface area contributed by atoms with E-state index in [0.29, 0.717) is 12.4 Å². The highest BCUT2D eigenvalue weighted by molar-refractivity contribution is 14.0. The van der Waals surface area contributed by atoms with E-state index < -0.39 is 0 Å². The fourth-order valence-electron chi connectivity index (χ4n) is 3.23. The number of hydrogen-bond acceptors (Lipinski definition) is 5. The molecular formula is C20H28IN5O2. The quantitative estimate of drug-likeness (QED) is 0.390. The molecule has 1 aliphatic heterocycles. The van der Waals surface area contributed by atoms with Crippen molar-refractivity contribution in [1.82, 2.24) is 15.2 Å². The van der Waals surface area contributed by atoms with Crippen LogP contribution in [0.15, 0.2) is 47.6 Å². The van der Waals surface area contributed by atoms with Gasteiger partial charge in [0.05, 0.1) is 14.2 Å². The van der Waals surface area contributed by atoms with Crippen molar-refractivity contribution in [2.45, 2.75) is 6.54 Å². The molecule has 0 bridgehead atoms. The Kier molecular flexibility index (Phi) is 8.62. The number of hydrogen-bond donors (Lipinski definition) is 1. The fraction of sp³-hybridized carbons (Fsp3) is 0.400. The molecule has 0 amide bonds. The summed E-state index contributed by atoms with van der Waals surface area (Å²) >= 11 is 0. The number of piperazine rings is 1. The summed E-state index contributed by atoms with van der Waals surface area (Å²) in [5, 5.41) is 3.42. The molecule has 1 aliphatic rings. The molecule has 1 N–H and O–H groups in total. The van der Waals surface area contributed by atoms with Crippen molar-refractivity contribution in [3.63, 3.8) is 0 Å². The third-order valence-corrected chi connectivity index (χ3v) is 4.69. The lowest BCUT2D eigenvalue weighted by atomic mass is 10.2. The molecule has 0 atom stereocenters. The normalized spacial score (nSPS) is 14.3. The molecule has 1 aromatic heterocycles. The van der Waals surface area contributed by atoms with Gasteiger partial charge in [0.25, 0.3) is 0 Å². The van der Waals surface area contributed by atoms with Gasteiger partial charge < -0.3 is 24.6 Å². The molecule has 1 aromatic carbocycles. The van der Waals surface area contributed by atoms with Crippen LogP contribution in [-0.4, -0.2) is 63.3 Å². The minimum atomic E-state index is 0. The summed E-state index contributed by atoms with van der Waals surface area (Å²) < 4.78 is 10.7. The van der Waals surface area contributed by atoms with Gasteiger partial charge in [0.15, 0.2) is 5.96 Å². The Bertz CT molecular complexity index is 779. The molecule has 3 rings (SSSR count). The molecule has 0 radical (unpaired) electrons. The number of rotatable bonds is 5. The van der Waals surface area contributed by atoms with E-state index in [1.165, 1.54) is 5.69 Å². The molecule has 2 heterocycles. The zero-order valence-electron chi connectivity index (χ0n) is 16.6. The van der Waals surface area contributed by atoms with Gasteiger partial charge in [-0.1, -0.05) is 12.1 Å². The zero-order chi connectivity index (χ0) is 19.1. The Labute approximate surface area is 183 Å². The number of benzene rings is 1. The van der Waals surface area contributed by atoms with E-state index >= 15 is 0 Å². The summed E-state index contributed by atoms with van der Waals surface area (Å²) in [5.41, 5.74) is 2.20. The monoisotopic (exact) mass is 497 g/mol. The Morgan fingerprint density at radius 2 is 1.89 bits per heavy atom. The van der Waals surface area contributed by atoms with E-state index in [-0.39, 0.29) is 24.0 Å². The Balaban J connectivity index is 0.00000280. The van der Waals surface area contributed by atoms with Crippen LogP contribution in [-0.2, 0) is 6.54 Å². The summed E-state index contributed by atoms with van der Waals surface area (Å²) in [6.45, 7) is 4.30. The first-order valence-corrected chi connectivity index (χ1v) is 9.07. The Morgan fingerprint density at radius 3 is 2.57 bits per heavy atom. The van der Waals surface area contributed by atoms with Crippen LogP contribution in [0.1, 0.15) is 5.56 Å². The summed E-state index contributed by atoms with van der Waals surface area (Å²) in [6.07, 6.45) is 1.73. The predicted molar refractivity (Wildman–Crippen MR) is 123 cm³/mol. The maximum Gasteiger partial charge on any atom is 0.218 e. The van der Waals surface area contributed by atoms with Crippen LogP contribution < -0.4 is 19.7 Å². The van der Waals surface area contributed by atoms with E-state index in [1.54, 1.807) is 20.4 Å². The van der Waals surface area contributed by atoms with Gasteiger partial charge in [-0.25, -0.2) is 4.98 Å². The molecule has 0 saturated carbocycles. The fourth-order valence-corrected chi connectivity index (χ4v) is 3.23. The number of nitrogens with one attached hydrogen (secondary N) is 1. The smallest absolute Gasteiger partial charge is 0.218 e. The van der Waals surface area contributed by atoms with Gasteiger partial charge in [-0.05, 0) is 18.2 Å². The third-order valence-electron chi connectivity index (χ3n) is 4.69. The van der Waals surface area contributed by atoms with E-state index in [0.717, 1.165) is 43.5 Å². The van der Waals surface area contributed by atoms with Crippen LogP contribution in [0.4, 0.5) is 5.69 Å². The highest BCUT2D eigenvalue weighted by Gasteiger charge is 2.20. The van der Waals surface area contributed by atoms with Crippen LogP contribution in [0.2, 0.25) is 0 Å². The van der Waals surface area contributed by atoms with Crippen molar-refractivity contribution in [3.8, 4) is 11.6 Å². The van der Waals surface area contributed by atoms with Gasteiger partial charge in [0.1, 0.15) is 5.75 Å². The molecule has 7 nitrogen and oxygen atoms in total. The van der Waals surface area contributed by atoms with Crippen LogP contribution in [0.25, 0.3) is 0 Å². The van der Waals surface area contributed by atoms with Gasteiger partial charge in [-0.15, -0.1) is 24.0 Å². The molecule has 0 aliphatic carbocycles. The average molecular weight is 497 g/mol. The molecule has 1 fully saturated rings. The number of ether oxygens (including phenoxy) is 2. The number of halogens is 1. The van der Waals surface area contributed by atoms with Gasteiger partial charge in [0, 0.05) is 63.3 Å². The van der Waals surface area contributed by atoms with Gasteiger partial charge >= 0.3 is 0 Å². The van der Waals surface area contributed by atoms with E-state index in [2.05, 4.69) is 37.2 Å². The maximum atomic E-state index is 5.33. The van der Waals surface area contributed by atoms with Crippen molar-refractivity contribution in [1.29, 1.82) is 0 Å². The largest absolute Gasteiger partial charge is 0.497 e. The molecular weight excluding hydrogens is 469 g/mol. The lowest BCUT2D eigenvalue weighted by Crippen LogP contribution is -2.52. The van der Waals surface area contributed by atoms with Gasteiger partial charge in [-0.2, -0.15) is 0 Å². The molecule has 1 saturated heterocycles. The second kappa shape index (κ2) is 10.9. The number of pyridine rings is 1. The number of guanidine groups is 1. The van der Waals surface area contributed by atoms with E-state index in [9.17, 15) is 0 Å². The first-order valence-electron chi connectivity index (χ1n) is 9.07. The van der Waals surface area contributed by atoms with Crippen molar-refractivity contribution in [2.75, 3.05) is 52.3 Å². The van der Waals surface area contributed by atoms with Crippen LogP contribution in [0, 0.1) is 0 Å². The average Bonchev–Trinajstić information content (AvgIpc) is 2.75. The highest BCUT2D eigenvalue weighted by atomic mass is 127. The number of nitrogens with zero attached hydrogens (tertiary/aromatic N) is 4. The second-order valence-electron chi connectivity index (χ2n) is 6.25. The topological polar surface area (TPSA) is 62.2 Å². The van der Waals surface area contributed by atoms with Gasteiger partial charge in [-0.3, -0.25) is 4.99 Å². The lowest BCUT2D eigenvalue weighted by Gasteiger charge is -2.37. The minimum Gasteiger partial charge on any atom is -0.497 e. The SMILES string of the molecule is CN=C(NCc1cccnc1OC)N1CCN(c2cccc(OC)c2)CC1.I. The second-order valence-corrected chi connectivity index (χ2v) is 6.25. The molecule has 2 aromatic rings. The number of methoxy groups -OCH3 is 2. The zero-order valence-corrected chi connectivity index (χ0v) is 18.9. The summed E-state index contributed by atoms with van der Waals surface area (Å²) in [6, 6.07) is 12.1. The minimum absolute atomic E-state index is 0. The maximum absolute atomic E-state index is 5.33. The lowest BCUT2D eigenvalue weighted by molar-refractivity contribution is 0.369. The van der Waals surface area contributed by atoms with Crippen molar-refractivity contribution < 1.29 is 9.47 Å². The number of aromatic nitrogens is 1. The van der Waals surface area contributed by atoms with Crippen molar-refractivity contribution in [2.24, 2.45) is 4.99 Å². The molecule has 0 unspecified atom stereocenters. The van der Waals surface area contributed by atoms with E-state index in [1.807, 2.05) is 31.3 Å². The summed E-state index contributed by atoms with van der Waals surface area (Å²) in [5.74, 6) is 2.42. The summed E-state index contributed by atoms with van der Waals surface area (Å²) in [4.78, 5) is 13.3. The predicted octanol–water partition coefficient (Wildman–Crippen LogP) is 2.61. The summed E-state index contributed by atoms with van der Waals surface area (Å²) in [7, 11) is 5.15. The van der Waals surface area contributed by atoms with Crippen LogP contribution in [0.5, 0.6) is 11.6 Å². The third kappa shape index (κ3) is 5.40. The molecule has 152 valence electrons. The Morgan fingerprint density at radius 1 is 1.11 bits per heavy atom. The van der Waals surface area contributed by atoms with Crippen molar-refractivity contribution >= 4 is 35.6 Å². The molecule has 28 heavy (non-hydrogen) atoms. The standard InChI is InChI=1S/C20H27N5O2.HI/c1-21-20(23-15-16-6-5-9-22-19(16)27-3)25-12-10-24(11-13-25)17-7-4-8-18(14-17)26-2;/h4-9,14H,10-13,15H2,1-3H3,(H,21,23);1H. The van der Waals surface area contributed by atoms with E-state index in [4.69, 9.17) is 9.47 Å². The van der Waals surface area contributed by atoms with Gasteiger partial charge in [0.2, 0.25) is 5.88 Å². The molecule has 0 spiro atoms. The first-order chi connectivity index (χ1) is 13.2. The first kappa shape index (κ1) is 22.1. The van der Waals surface area contributed by atoms with Crippen LogP contribution >= 0.6 is 24.0 Å². The van der Waals surface area contributed by atoms with Crippen molar-refractivity contribution in [3.05, 3.63) is 48.2 Å².